The summed E-state index contributed by atoms with van der Waals surface area (Å²) < 4.78 is 18.5. The Morgan fingerprint density at radius 1 is 1.03 bits per heavy atom. The summed E-state index contributed by atoms with van der Waals surface area (Å²) in [6.45, 7) is 0. The molecule has 0 radical (unpaired) electrons. The van der Waals surface area contributed by atoms with Crippen molar-refractivity contribution in [3.8, 4) is 5.75 Å². The number of amides is 1. The quantitative estimate of drug-likeness (QED) is 0.479. The summed E-state index contributed by atoms with van der Waals surface area (Å²) in [6.07, 6.45) is 3.66. The summed E-state index contributed by atoms with van der Waals surface area (Å²) in [5, 5.41) is 10.9. The van der Waals surface area contributed by atoms with E-state index >= 15 is 0 Å². The Morgan fingerprint density at radius 3 is 2.24 bits per heavy atom. The van der Waals surface area contributed by atoms with Crippen molar-refractivity contribution in [2.24, 2.45) is 0 Å². The zero-order chi connectivity index (χ0) is 20.5. The summed E-state index contributed by atoms with van der Waals surface area (Å²) in [4.78, 5) is 27.5. The third kappa shape index (κ3) is 3.39. The number of carbonyl (C=O) groups is 2. The molecule has 1 amide bonds. The Bertz CT molecular complexity index is 959. The lowest BCUT2D eigenvalue weighted by Crippen LogP contribution is -2.37. The molecular formula is C23H22FNO4. The molecule has 2 fully saturated rings. The molecule has 2 aromatic rings. The smallest absolute Gasteiger partial charge is 0.295 e. The van der Waals surface area contributed by atoms with Crippen LogP contribution in [0.4, 0.5) is 4.39 Å². The summed E-state index contributed by atoms with van der Waals surface area (Å²) in [5.74, 6) is -1.38. The van der Waals surface area contributed by atoms with Gasteiger partial charge in [-0.3, -0.25) is 9.59 Å². The minimum absolute atomic E-state index is 0.0404. The molecule has 1 aliphatic heterocycles. The zero-order valence-electron chi connectivity index (χ0n) is 16.1. The third-order valence-corrected chi connectivity index (χ3v) is 5.75. The maximum atomic E-state index is 13.3. The number of hydrogen-bond donors (Lipinski definition) is 1. The van der Waals surface area contributed by atoms with Gasteiger partial charge in [0, 0.05) is 11.6 Å². The second-order valence-corrected chi connectivity index (χ2v) is 7.42. The van der Waals surface area contributed by atoms with E-state index in [4.69, 9.17) is 4.74 Å². The lowest BCUT2D eigenvalue weighted by molar-refractivity contribution is -0.141. The Kier molecular flexibility index (Phi) is 5.09. The molecule has 1 N–H and O–H groups in total. The fourth-order valence-corrected chi connectivity index (χ4v) is 4.29. The number of Topliss-reactive ketones (excluding diaryl/α,β-unsaturated/α-hetero) is 1. The van der Waals surface area contributed by atoms with Gasteiger partial charge >= 0.3 is 0 Å². The molecule has 1 atom stereocenters. The third-order valence-electron chi connectivity index (χ3n) is 5.75. The largest absolute Gasteiger partial charge is 0.507 e. The van der Waals surface area contributed by atoms with E-state index in [0.717, 1.165) is 31.2 Å². The van der Waals surface area contributed by atoms with Crippen LogP contribution < -0.4 is 4.74 Å². The number of nitrogens with zero attached hydrogens (tertiary/aromatic N) is 1. The van der Waals surface area contributed by atoms with Gasteiger partial charge < -0.3 is 14.7 Å². The van der Waals surface area contributed by atoms with Gasteiger partial charge in [-0.15, -0.1) is 0 Å². The molecule has 1 unspecified atom stereocenters. The lowest BCUT2D eigenvalue weighted by atomic mass is 9.94. The van der Waals surface area contributed by atoms with E-state index in [-0.39, 0.29) is 17.4 Å². The molecule has 150 valence electrons. The second kappa shape index (κ2) is 7.70. The monoisotopic (exact) mass is 395 g/mol. The van der Waals surface area contributed by atoms with E-state index in [0.29, 0.717) is 11.3 Å². The maximum Gasteiger partial charge on any atom is 0.295 e. The molecule has 0 spiro atoms. The highest BCUT2D eigenvalue weighted by Gasteiger charge is 2.49. The number of aliphatic hydroxyl groups is 1. The first kappa shape index (κ1) is 19.2. The number of halogens is 1. The van der Waals surface area contributed by atoms with Crippen LogP contribution in [0.25, 0.3) is 5.76 Å². The molecule has 0 aromatic heterocycles. The van der Waals surface area contributed by atoms with Crippen LogP contribution in [0, 0.1) is 5.82 Å². The minimum Gasteiger partial charge on any atom is -0.507 e. The van der Waals surface area contributed by atoms with Crippen molar-refractivity contribution in [1.29, 1.82) is 0 Å². The molecule has 5 nitrogen and oxygen atoms in total. The minimum atomic E-state index is -0.709. The van der Waals surface area contributed by atoms with E-state index in [1.165, 1.54) is 24.3 Å². The Balaban J connectivity index is 1.86. The topological polar surface area (TPSA) is 66.8 Å². The first-order chi connectivity index (χ1) is 14.0. The lowest BCUT2D eigenvalue weighted by Gasteiger charge is -2.30. The number of likely N-dealkylation sites (tertiary alicyclic amines) is 1. The Labute approximate surface area is 168 Å². The molecule has 0 bridgehead atoms. The molecule has 2 aromatic carbocycles. The number of benzene rings is 2. The van der Waals surface area contributed by atoms with E-state index in [9.17, 15) is 19.1 Å². The summed E-state index contributed by atoms with van der Waals surface area (Å²) in [7, 11) is 1.56. The number of hydrogen-bond acceptors (Lipinski definition) is 4. The molecule has 1 aliphatic carbocycles. The SMILES string of the molecule is COc1ccc(C2/C(=C(/O)c3ccc(F)cc3)C(=O)C(=O)N2C2CCCC2)cc1. The van der Waals surface area contributed by atoms with Crippen LogP contribution in [0.2, 0.25) is 0 Å². The number of rotatable bonds is 4. The molecule has 1 heterocycles. The number of aliphatic hydroxyl groups excluding tert-OH is 1. The van der Waals surface area contributed by atoms with Gasteiger partial charge in [0.2, 0.25) is 0 Å². The van der Waals surface area contributed by atoms with Gasteiger partial charge in [0.05, 0.1) is 18.7 Å². The molecule has 1 saturated heterocycles. The van der Waals surface area contributed by atoms with Crippen LogP contribution in [0.5, 0.6) is 5.75 Å². The highest BCUT2D eigenvalue weighted by molar-refractivity contribution is 6.46. The van der Waals surface area contributed by atoms with E-state index in [1.807, 2.05) is 0 Å². The van der Waals surface area contributed by atoms with Crippen LogP contribution in [0.3, 0.4) is 0 Å². The van der Waals surface area contributed by atoms with Gasteiger partial charge in [-0.25, -0.2) is 4.39 Å². The van der Waals surface area contributed by atoms with Crippen molar-refractivity contribution in [3.05, 3.63) is 71.0 Å². The van der Waals surface area contributed by atoms with Crippen LogP contribution in [-0.2, 0) is 9.59 Å². The highest BCUT2D eigenvalue weighted by atomic mass is 19.1. The average Bonchev–Trinajstić information content (AvgIpc) is 3.35. The van der Waals surface area contributed by atoms with Crippen molar-refractivity contribution in [2.45, 2.75) is 37.8 Å². The summed E-state index contributed by atoms with van der Waals surface area (Å²) in [5.41, 5.74) is 1.06. The van der Waals surface area contributed by atoms with Gasteiger partial charge in [0.25, 0.3) is 11.7 Å². The average molecular weight is 395 g/mol. The van der Waals surface area contributed by atoms with Crippen molar-refractivity contribution in [1.82, 2.24) is 4.90 Å². The Morgan fingerprint density at radius 2 is 1.66 bits per heavy atom. The predicted molar refractivity (Wildman–Crippen MR) is 106 cm³/mol. The van der Waals surface area contributed by atoms with Crippen molar-refractivity contribution in [2.75, 3.05) is 7.11 Å². The van der Waals surface area contributed by atoms with Crippen molar-refractivity contribution < 1.29 is 23.8 Å². The summed E-state index contributed by atoms with van der Waals surface area (Å²) >= 11 is 0. The fourth-order valence-electron chi connectivity index (χ4n) is 4.29. The number of ether oxygens (including phenoxy) is 1. The van der Waals surface area contributed by atoms with Gasteiger partial charge in [-0.1, -0.05) is 25.0 Å². The van der Waals surface area contributed by atoms with E-state index < -0.39 is 23.5 Å². The molecule has 6 heteroatoms. The van der Waals surface area contributed by atoms with Gasteiger partial charge in [0.15, 0.2) is 0 Å². The maximum absolute atomic E-state index is 13.3. The normalized spacial score (nSPS) is 21.7. The Hall–Kier alpha value is -3.15. The van der Waals surface area contributed by atoms with Crippen LogP contribution in [0.1, 0.15) is 42.9 Å². The van der Waals surface area contributed by atoms with Gasteiger partial charge in [-0.2, -0.15) is 0 Å². The molecule has 4 rings (SSSR count). The summed E-state index contributed by atoms with van der Waals surface area (Å²) in [6, 6.07) is 11.6. The van der Waals surface area contributed by atoms with Crippen molar-refractivity contribution >= 4 is 17.4 Å². The first-order valence-corrected chi connectivity index (χ1v) is 9.71. The second-order valence-electron chi connectivity index (χ2n) is 7.42. The highest BCUT2D eigenvalue weighted by Crippen LogP contribution is 2.43. The molecular weight excluding hydrogens is 373 g/mol. The van der Waals surface area contributed by atoms with Crippen molar-refractivity contribution in [3.63, 3.8) is 0 Å². The van der Waals surface area contributed by atoms with Gasteiger partial charge in [-0.05, 0) is 54.8 Å². The van der Waals surface area contributed by atoms with E-state index in [2.05, 4.69) is 0 Å². The molecule has 2 aliphatic rings. The first-order valence-electron chi connectivity index (χ1n) is 9.71. The zero-order valence-corrected chi connectivity index (χ0v) is 16.1. The molecule has 1 saturated carbocycles. The van der Waals surface area contributed by atoms with Crippen LogP contribution in [-0.4, -0.2) is 34.8 Å². The number of methoxy groups -OCH3 is 1. The number of ketones is 1. The standard InChI is InChI=1S/C23H22FNO4/c1-29-18-12-8-14(9-13-18)20-19(21(26)15-6-10-16(24)11-7-15)22(27)23(28)25(20)17-4-2-3-5-17/h6-13,17,20,26H,2-5H2,1H3/b21-19-. The van der Waals surface area contributed by atoms with E-state index in [1.54, 1.807) is 36.3 Å². The number of carbonyl (C=O) groups excluding carboxylic acids is 2. The predicted octanol–water partition coefficient (Wildman–Crippen LogP) is 4.20. The fraction of sp³-hybridized carbons (Fsp3) is 0.304. The van der Waals surface area contributed by atoms with Crippen LogP contribution >= 0.6 is 0 Å². The molecule has 29 heavy (non-hydrogen) atoms. The van der Waals surface area contributed by atoms with Crippen LogP contribution in [0.15, 0.2) is 54.1 Å². The van der Waals surface area contributed by atoms with Gasteiger partial charge in [0.1, 0.15) is 17.3 Å².